The van der Waals surface area contributed by atoms with Crippen LogP contribution in [0.3, 0.4) is 0 Å². The van der Waals surface area contributed by atoms with Crippen molar-refractivity contribution in [3.63, 3.8) is 0 Å². The van der Waals surface area contributed by atoms with Crippen molar-refractivity contribution >= 4 is 38.6 Å². The second kappa shape index (κ2) is 7.40. The first kappa shape index (κ1) is 15.8. The van der Waals surface area contributed by atoms with Gasteiger partial charge in [0.25, 0.3) is 0 Å². The number of hydrogen-bond acceptors (Lipinski definition) is 4. The lowest BCUT2D eigenvalue weighted by Crippen LogP contribution is -2.44. The monoisotopic (exact) mass is 347 g/mol. The molecule has 1 N–H and O–H groups in total. The maximum absolute atomic E-state index is 12.1. The van der Waals surface area contributed by atoms with Crippen LogP contribution in [-0.4, -0.2) is 35.0 Å². The quantitative estimate of drug-likeness (QED) is 0.813. The number of carbonyl (C=O) groups is 2. The molecule has 0 aliphatic carbocycles. The molecule has 0 saturated heterocycles. The molecule has 2 atom stereocenters. The second-order valence-electron chi connectivity index (χ2n) is 3.74. The average molecular weight is 348 g/mol. The number of halogens is 1. The van der Waals surface area contributed by atoms with Crippen LogP contribution >= 0.6 is 15.9 Å². The molecule has 0 bridgehead atoms. The summed E-state index contributed by atoms with van der Waals surface area (Å²) in [4.78, 5) is 23.1. The number of amides is 1. The maximum atomic E-state index is 12.1. The highest BCUT2D eigenvalue weighted by atomic mass is 79.9. The van der Waals surface area contributed by atoms with Crippen LogP contribution in [0.25, 0.3) is 0 Å². The van der Waals surface area contributed by atoms with Gasteiger partial charge in [-0.1, -0.05) is 15.9 Å². The van der Waals surface area contributed by atoms with E-state index in [9.17, 15) is 13.8 Å². The summed E-state index contributed by atoms with van der Waals surface area (Å²) < 4.78 is 17.6. The van der Waals surface area contributed by atoms with Gasteiger partial charge in [-0.15, -0.1) is 0 Å². The Morgan fingerprint density at radius 2 is 1.95 bits per heavy atom. The molecular weight excluding hydrogens is 334 g/mol. The summed E-state index contributed by atoms with van der Waals surface area (Å²) in [5.41, 5.74) is 0. The van der Waals surface area contributed by atoms with E-state index < -0.39 is 22.8 Å². The number of methoxy groups -OCH3 is 1. The number of hydrogen-bond donors (Lipinski definition) is 1. The zero-order valence-electron chi connectivity index (χ0n) is 10.5. The fraction of sp³-hybridized carbons (Fsp3) is 0.333. The molecule has 1 aromatic carbocycles. The third kappa shape index (κ3) is 5.12. The topological polar surface area (TPSA) is 72.5 Å². The van der Waals surface area contributed by atoms with E-state index >= 15 is 0 Å². The smallest absolute Gasteiger partial charge is 0.329 e. The van der Waals surface area contributed by atoms with Crippen molar-refractivity contribution < 1.29 is 18.5 Å². The molecular formula is C12H14BrNO4S. The first-order valence-electron chi connectivity index (χ1n) is 5.43. The van der Waals surface area contributed by atoms with Crippen LogP contribution in [0.5, 0.6) is 0 Å². The minimum absolute atomic E-state index is 0.0200. The van der Waals surface area contributed by atoms with Gasteiger partial charge in [0.15, 0.2) is 0 Å². The summed E-state index contributed by atoms with van der Waals surface area (Å²) in [5.74, 6) is -1.00. The van der Waals surface area contributed by atoms with Crippen LogP contribution in [0.1, 0.15) is 6.92 Å². The predicted octanol–water partition coefficient (Wildman–Crippen LogP) is 1.23. The van der Waals surface area contributed by atoms with Crippen LogP contribution in [0.2, 0.25) is 0 Å². The van der Waals surface area contributed by atoms with E-state index in [1.165, 1.54) is 14.0 Å². The van der Waals surface area contributed by atoms with Gasteiger partial charge in [0, 0.05) is 16.3 Å². The Morgan fingerprint density at radius 3 is 2.42 bits per heavy atom. The van der Waals surface area contributed by atoms with Crippen LogP contribution < -0.4 is 5.32 Å². The van der Waals surface area contributed by atoms with Crippen LogP contribution in [0.4, 0.5) is 0 Å². The Hall–Kier alpha value is -1.21. The molecule has 1 amide bonds. The lowest BCUT2D eigenvalue weighted by atomic mass is 10.3. The van der Waals surface area contributed by atoms with E-state index in [1.807, 2.05) is 0 Å². The largest absolute Gasteiger partial charge is 0.467 e. The first-order valence-corrected chi connectivity index (χ1v) is 7.54. The molecule has 0 radical (unpaired) electrons. The molecule has 0 fully saturated rings. The van der Waals surface area contributed by atoms with Crippen molar-refractivity contribution in [3.05, 3.63) is 28.7 Å². The van der Waals surface area contributed by atoms with E-state index in [1.54, 1.807) is 24.3 Å². The number of ether oxygens (including phenoxy) is 1. The minimum Gasteiger partial charge on any atom is -0.467 e. The van der Waals surface area contributed by atoms with Gasteiger partial charge in [0.2, 0.25) is 5.91 Å². The summed E-state index contributed by atoms with van der Waals surface area (Å²) >= 11 is 3.28. The molecule has 2 unspecified atom stereocenters. The average Bonchev–Trinajstić information content (AvgIpc) is 2.37. The number of nitrogens with one attached hydrogen (secondary N) is 1. The molecule has 1 aromatic rings. The highest BCUT2D eigenvalue weighted by Gasteiger charge is 2.23. The normalized spacial score (nSPS) is 13.4. The van der Waals surface area contributed by atoms with Crippen LogP contribution in [-0.2, 0) is 25.1 Å². The Labute approximate surface area is 122 Å². The minimum atomic E-state index is -1.40. The van der Waals surface area contributed by atoms with Gasteiger partial charge in [-0.05, 0) is 24.3 Å². The van der Waals surface area contributed by atoms with Crippen molar-refractivity contribution in [2.24, 2.45) is 0 Å². The standard InChI is InChI=1S/C12H14BrNO4S/c1-8(15)14-11(12(16)18-2)7-19(17)10-5-3-9(13)4-6-10/h3-6,11H,7H2,1-2H3,(H,14,15). The molecule has 0 saturated carbocycles. The van der Waals surface area contributed by atoms with Crippen molar-refractivity contribution in [2.75, 3.05) is 12.9 Å². The van der Waals surface area contributed by atoms with E-state index in [0.717, 1.165) is 4.47 Å². The molecule has 0 aliphatic heterocycles. The summed E-state index contributed by atoms with van der Waals surface area (Å²) in [6.07, 6.45) is 0. The van der Waals surface area contributed by atoms with Gasteiger partial charge in [-0.2, -0.15) is 0 Å². The highest BCUT2D eigenvalue weighted by molar-refractivity contribution is 9.10. The predicted molar refractivity (Wildman–Crippen MR) is 75.0 cm³/mol. The van der Waals surface area contributed by atoms with Crippen molar-refractivity contribution in [2.45, 2.75) is 17.9 Å². The Balaban J connectivity index is 2.78. The van der Waals surface area contributed by atoms with Crippen molar-refractivity contribution in [1.29, 1.82) is 0 Å². The number of esters is 1. The van der Waals surface area contributed by atoms with Crippen molar-refractivity contribution in [3.8, 4) is 0 Å². The van der Waals surface area contributed by atoms with Crippen molar-refractivity contribution in [1.82, 2.24) is 5.32 Å². The lowest BCUT2D eigenvalue weighted by molar-refractivity contribution is -0.144. The fourth-order valence-corrected chi connectivity index (χ4v) is 2.81. The fourth-order valence-electron chi connectivity index (χ4n) is 1.39. The lowest BCUT2D eigenvalue weighted by Gasteiger charge is -2.14. The summed E-state index contributed by atoms with van der Waals surface area (Å²) in [6.45, 7) is 1.29. The molecule has 19 heavy (non-hydrogen) atoms. The highest BCUT2D eigenvalue weighted by Crippen LogP contribution is 2.14. The number of rotatable bonds is 5. The van der Waals surface area contributed by atoms with Gasteiger partial charge < -0.3 is 10.1 Å². The number of benzene rings is 1. The second-order valence-corrected chi connectivity index (χ2v) is 6.15. The Morgan fingerprint density at radius 1 is 1.37 bits per heavy atom. The van der Waals surface area contributed by atoms with E-state index in [4.69, 9.17) is 0 Å². The van der Waals surface area contributed by atoms with Gasteiger partial charge in [0.1, 0.15) is 6.04 Å². The summed E-state index contributed by atoms with van der Waals surface area (Å²) in [7, 11) is -0.175. The first-order chi connectivity index (χ1) is 8.93. The SMILES string of the molecule is COC(=O)C(CS(=O)c1ccc(Br)cc1)NC(C)=O. The summed E-state index contributed by atoms with van der Waals surface area (Å²) in [5, 5.41) is 2.43. The van der Waals surface area contributed by atoms with E-state index in [2.05, 4.69) is 26.0 Å². The molecule has 1 rings (SSSR count). The van der Waals surface area contributed by atoms with E-state index in [0.29, 0.717) is 4.90 Å². The molecule has 0 spiro atoms. The van der Waals surface area contributed by atoms with Gasteiger partial charge in [-0.3, -0.25) is 9.00 Å². The summed E-state index contributed by atoms with van der Waals surface area (Å²) in [6, 6.07) is 6.01. The Kier molecular flexibility index (Phi) is 6.17. The van der Waals surface area contributed by atoms with E-state index in [-0.39, 0.29) is 11.7 Å². The van der Waals surface area contributed by atoms with Crippen LogP contribution in [0, 0.1) is 0 Å². The van der Waals surface area contributed by atoms with Gasteiger partial charge >= 0.3 is 5.97 Å². The molecule has 5 nitrogen and oxygen atoms in total. The van der Waals surface area contributed by atoms with Crippen LogP contribution in [0.15, 0.2) is 33.6 Å². The van der Waals surface area contributed by atoms with Gasteiger partial charge in [-0.25, -0.2) is 4.79 Å². The number of carbonyl (C=O) groups excluding carboxylic acids is 2. The molecule has 0 aliphatic rings. The zero-order valence-corrected chi connectivity index (χ0v) is 12.9. The Bertz CT molecular complexity index is 489. The molecule has 7 heteroatoms. The molecule has 0 aromatic heterocycles. The molecule has 0 heterocycles. The maximum Gasteiger partial charge on any atom is 0.329 e. The molecule has 104 valence electrons. The third-order valence-electron chi connectivity index (χ3n) is 2.26. The van der Waals surface area contributed by atoms with Gasteiger partial charge in [0.05, 0.1) is 23.7 Å². The third-order valence-corrected chi connectivity index (χ3v) is 4.22. The zero-order chi connectivity index (χ0) is 14.4.